The second-order valence-electron chi connectivity index (χ2n) is 6.83. The van der Waals surface area contributed by atoms with Crippen LogP contribution in [0.3, 0.4) is 0 Å². The molecule has 0 unspecified atom stereocenters. The second-order valence-corrected chi connectivity index (χ2v) is 6.83. The maximum Gasteiger partial charge on any atom is 0.224 e. The van der Waals surface area contributed by atoms with Gasteiger partial charge in [0.1, 0.15) is 0 Å². The number of hydrogen-bond donors (Lipinski definition) is 2. The lowest BCUT2D eigenvalue weighted by Gasteiger charge is -2.38. The Bertz CT molecular complexity index is 455. The van der Waals surface area contributed by atoms with E-state index in [1.165, 1.54) is 18.4 Å². The fraction of sp³-hybridized carbons (Fsp3) is 0.611. The van der Waals surface area contributed by atoms with E-state index in [1.807, 2.05) is 26.0 Å². The molecule has 0 fully saturated rings. The van der Waals surface area contributed by atoms with Crippen molar-refractivity contribution >= 4 is 5.91 Å². The molecule has 0 aliphatic heterocycles. The summed E-state index contributed by atoms with van der Waals surface area (Å²) in [4.78, 5) is 12.1. The highest BCUT2D eigenvalue weighted by Gasteiger charge is 2.36. The first-order chi connectivity index (χ1) is 9.65. The van der Waals surface area contributed by atoms with Crippen LogP contribution in [0.1, 0.15) is 58.6 Å². The lowest BCUT2D eigenvalue weighted by atomic mass is 9.86. The molecule has 3 heteroatoms. The third-order valence-corrected chi connectivity index (χ3v) is 4.19. The Balaban J connectivity index is 2.59. The minimum absolute atomic E-state index is 0.0663. The molecule has 1 aromatic carbocycles. The highest BCUT2D eigenvalue weighted by Crippen LogP contribution is 2.20. The van der Waals surface area contributed by atoms with Crippen molar-refractivity contribution in [2.45, 2.75) is 71.4 Å². The Kier molecular flexibility index (Phi) is 5.97. The summed E-state index contributed by atoms with van der Waals surface area (Å²) in [5.74, 6) is -0.0663. The number of benzene rings is 1. The molecule has 2 N–H and O–H groups in total. The van der Waals surface area contributed by atoms with Crippen molar-refractivity contribution in [1.82, 2.24) is 5.32 Å². The highest BCUT2D eigenvalue weighted by atomic mass is 16.3. The van der Waals surface area contributed by atoms with Crippen molar-refractivity contribution in [2.24, 2.45) is 0 Å². The summed E-state index contributed by atoms with van der Waals surface area (Å²) in [5, 5.41) is 13.0. The normalized spacial score (nSPS) is 12.3. The number of nitrogens with one attached hydrogen (secondary N) is 1. The van der Waals surface area contributed by atoms with Crippen LogP contribution in [0.4, 0.5) is 0 Å². The summed E-state index contributed by atoms with van der Waals surface area (Å²) in [6, 6.07) is 8.22. The molecule has 0 heterocycles. The summed E-state index contributed by atoms with van der Waals surface area (Å²) in [6.07, 6.45) is 3.82. The van der Waals surface area contributed by atoms with Crippen LogP contribution < -0.4 is 5.32 Å². The van der Waals surface area contributed by atoms with E-state index in [1.54, 1.807) is 13.8 Å². The average molecular weight is 291 g/mol. The van der Waals surface area contributed by atoms with Crippen LogP contribution in [-0.2, 0) is 17.6 Å². The smallest absolute Gasteiger partial charge is 0.224 e. The average Bonchev–Trinajstić information content (AvgIpc) is 2.36. The second kappa shape index (κ2) is 7.08. The Morgan fingerprint density at radius 2 is 1.62 bits per heavy atom. The predicted molar refractivity (Wildman–Crippen MR) is 87.3 cm³/mol. The number of rotatable bonds is 7. The van der Waals surface area contributed by atoms with Crippen LogP contribution in [0.2, 0.25) is 0 Å². The molecule has 0 bridgehead atoms. The van der Waals surface area contributed by atoms with Crippen molar-refractivity contribution < 1.29 is 9.90 Å². The van der Waals surface area contributed by atoms with Crippen molar-refractivity contribution in [3.63, 3.8) is 0 Å². The molecule has 21 heavy (non-hydrogen) atoms. The summed E-state index contributed by atoms with van der Waals surface area (Å²) < 4.78 is 0. The minimum atomic E-state index is -0.966. The van der Waals surface area contributed by atoms with E-state index < -0.39 is 11.1 Å². The monoisotopic (exact) mass is 291 g/mol. The van der Waals surface area contributed by atoms with Gasteiger partial charge in [-0.15, -0.1) is 0 Å². The zero-order valence-electron chi connectivity index (χ0n) is 14.0. The third-order valence-electron chi connectivity index (χ3n) is 4.19. The maximum atomic E-state index is 12.1. The lowest BCUT2D eigenvalue weighted by Crippen LogP contribution is -2.58. The quantitative estimate of drug-likeness (QED) is 0.810. The largest absolute Gasteiger partial charge is 0.388 e. The topological polar surface area (TPSA) is 49.3 Å². The molecule has 0 atom stereocenters. The van der Waals surface area contributed by atoms with E-state index in [4.69, 9.17) is 0 Å². The van der Waals surface area contributed by atoms with Gasteiger partial charge in [-0.25, -0.2) is 0 Å². The maximum absolute atomic E-state index is 12.1. The van der Waals surface area contributed by atoms with Gasteiger partial charge in [0.25, 0.3) is 0 Å². The lowest BCUT2D eigenvalue weighted by molar-refractivity contribution is -0.125. The highest BCUT2D eigenvalue weighted by molar-refractivity contribution is 5.79. The molecule has 0 saturated carbocycles. The first-order valence-electron chi connectivity index (χ1n) is 7.77. The van der Waals surface area contributed by atoms with Gasteiger partial charge in [0, 0.05) is 0 Å². The molecular weight excluding hydrogens is 262 g/mol. The molecule has 0 saturated heterocycles. The van der Waals surface area contributed by atoms with Crippen molar-refractivity contribution in [2.75, 3.05) is 0 Å². The number of hydrogen-bond acceptors (Lipinski definition) is 2. The molecule has 0 radical (unpaired) electrons. The standard InChI is InChI=1S/C18H29NO2/c1-6-7-8-14-9-11-15(12-10-14)13-16(20)19-17(2,3)18(4,5)21/h9-12,21H,6-8,13H2,1-5H3,(H,19,20). The van der Waals surface area contributed by atoms with E-state index in [0.717, 1.165) is 12.0 Å². The zero-order valence-corrected chi connectivity index (χ0v) is 14.0. The van der Waals surface area contributed by atoms with Gasteiger partial charge in [-0.05, 0) is 51.7 Å². The fourth-order valence-electron chi connectivity index (χ4n) is 1.94. The van der Waals surface area contributed by atoms with Crippen molar-refractivity contribution in [1.29, 1.82) is 0 Å². The van der Waals surface area contributed by atoms with Gasteiger partial charge in [0.05, 0.1) is 17.6 Å². The van der Waals surface area contributed by atoms with Crippen molar-refractivity contribution in [3.8, 4) is 0 Å². The molecule has 3 nitrogen and oxygen atoms in total. The predicted octanol–water partition coefficient (Wildman–Crippen LogP) is 3.24. The van der Waals surface area contributed by atoms with Crippen LogP contribution in [0.5, 0.6) is 0 Å². The zero-order chi connectivity index (χ0) is 16.1. The third kappa shape index (κ3) is 5.50. The molecular formula is C18H29NO2. The SMILES string of the molecule is CCCCc1ccc(CC(=O)NC(C)(C)C(C)(C)O)cc1. The van der Waals surface area contributed by atoms with Crippen LogP contribution in [-0.4, -0.2) is 22.2 Å². The Morgan fingerprint density at radius 3 is 2.10 bits per heavy atom. The van der Waals surface area contributed by atoms with E-state index in [9.17, 15) is 9.90 Å². The van der Waals surface area contributed by atoms with E-state index in [2.05, 4.69) is 24.4 Å². The Hall–Kier alpha value is -1.35. The van der Waals surface area contributed by atoms with Gasteiger partial charge in [-0.2, -0.15) is 0 Å². The number of amides is 1. The van der Waals surface area contributed by atoms with Crippen LogP contribution in [0.15, 0.2) is 24.3 Å². The Morgan fingerprint density at radius 1 is 1.10 bits per heavy atom. The van der Waals surface area contributed by atoms with Crippen LogP contribution in [0, 0.1) is 0 Å². The number of aliphatic hydroxyl groups is 1. The summed E-state index contributed by atoms with van der Waals surface area (Å²) >= 11 is 0. The van der Waals surface area contributed by atoms with Crippen molar-refractivity contribution in [3.05, 3.63) is 35.4 Å². The van der Waals surface area contributed by atoms with Crippen LogP contribution in [0.25, 0.3) is 0 Å². The number of carbonyl (C=O) groups is 1. The van der Waals surface area contributed by atoms with E-state index in [0.29, 0.717) is 6.42 Å². The van der Waals surface area contributed by atoms with Gasteiger partial charge >= 0.3 is 0 Å². The van der Waals surface area contributed by atoms with Gasteiger partial charge in [-0.3, -0.25) is 4.79 Å². The number of carbonyl (C=O) groups excluding carboxylic acids is 1. The van der Waals surface area contributed by atoms with E-state index >= 15 is 0 Å². The minimum Gasteiger partial charge on any atom is -0.388 e. The molecule has 118 valence electrons. The van der Waals surface area contributed by atoms with Gasteiger partial charge in [0.2, 0.25) is 5.91 Å². The first kappa shape index (κ1) is 17.7. The fourth-order valence-corrected chi connectivity index (χ4v) is 1.94. The molecule has 0 aromatic heterocycles. The van der Waals surface area contributed by atoms with Gasteiger partial charge in [0.15, 0.2) is 0 Å². The molecule has 1 amide bonds. The van der Waals surface area contributed by atoms with E-state index in [-0.39, 0.29) is 5.91 Å². The van der Waals surface area contributed by atoms with Crippen LogP contribution >= 0.6 is 0 Å². The summed E-state index contributed by atoms with van der Waals surface area (Å²) in [6.45, 7) is 9.26. The summed E-state index contributed by atoms with van der Waals surface area (Å²) in [7, 11) is 0. The van der Waals surface area contributed by atoms with Gasteiger partial charge in [-0.1, -0.05) is 37.6 Å². The number of unbranched alkanes of at least 4 members (excludes halogenated alkanes) is 1. The van der Waals surface area contributed by atoms with Gasteiger partial charge < -0.3 is 10.4 Å². The molecule has 1 aromatic rings. The molecule has 1 rings (SSSR count). The summed E-state index contributed by atoms with van der Waals surface area (Å²) in [5.41, 5.74) is 0.690. The molecule has 0 aliphatic carbocycles. The molecule has 0 aliphatic rings. The molecule has 0 spiro atoms. The Labute approximate surface area is 128 Å². The first-order valence-corrected chi connectivity index (χ1v) is 7.77. The number of aryl methyl sites for hydroxylation is 1.